The fourth-order valence-electron chi connectivity index (χ4n) is 3.28. The van der Waals surface area contributed by atoms with Crippen LogP contribution in [0.25, 0.3) is 0 Å². The Morgan fingerprint density at radius 3 is 2.68 bits per heavy atom. The first-order valence-electron chi connectivity index (χ1n) is 7.06. The van der Waals surface area contributed by atoms with Crippen molar-refractivity contribution in [1.82, 2.24) is 0 Å². The molecule has 0 unspecified atom stereocenters. The van der Waals surface area contributed by atoms with Crippen molar-refractivity contribution in [1.29, 1.82) is 0 Å². The molecule has 19 heavy (non-hydrogen) atoms. The number of amides is 1. The van der Waals surface area contributed by atoms with Gasteiger partial charge in [0.25, 0.3) is 0 Å². The number of benzene rings is 1. The Labute approximate surface area is 113 Å². The summed E-state index contributed by atoms with van der Waals surface area (Å²) < 4.78 is 0. The molecule has 0 radical (unpaired) electrons. The number of carbonyl (C=O) groups excluding carboxylic acids is 2. The van der Waals surface area contributed by atoms with E-state index in [9.17, 15) is 9.59 Å². The largest absolute Gasteiger partial charge is 0.326 e. The number of ketones is 1. The van der Waals surface area contributed by atoms with Gasteiger partial charge in [0.05, 0.1) is 6.42 Å². The van der Waals surface area contributed by atoms with Crippen LogP contribution in [0, 0.1) is 5.41 Å². The lowest BCUT2D eigenvalue weighted by atomic mass is 9.71. The number of hydrogen-bond donors (Lipinski definition) is 1. The molecule has 1 aromatic rings. The Balaban J connectivity index is 1.88. The lowest BCUT2D eigenvalue weighted by Gasteiger charge is -2.32. The Hall–Kier alpha value is -1.64. The van der Waals surface area contributed by atoms with Gasteiger partial charge in [0.2, 0.25) is 5.91 Å². The Morgan fingerprint density at radius 1 is 1.21 bits per heavy atom. The number of rotatable bonds is 2. The molecule has 0 atom stereocenters. The number of hydrogen-bond acceptors (Lipinski definition) is 2. The van der Waals surface area contributed by atoms with Crippen molar-refractivity contribution < 1.29 is 9.59 Å². The lowest BCUT2D eigenvalue weighted by Crippen LogP contribution is -2.30. The lowest BCUT2D eigenvalue weighted by molar-refractivity contribution is -0.115. The van der Waals surface area contributed by atoms with Gasteiger partial charge in [-0.05, 0) is 36.6 Å². The second kappa shape index (κ2) is 4.48. The van der Waals surface area contributed by atoms with E-state index >= 15 is 0 Å². The molecule has 1 aromatic carbocycles. The molecule has 1 amide bonds. The molecular weight excluding hydrogens is 238 g/mol. The Kier molecular flexibility index (Phi) is 2.92. The van der Waals surface area contributed by atoms with Crippen LogP contribution in [-0.4, -0.2) is 11.7 Å². The highest BCUT2D eigenvalue weighted by molar-refractivity contribution is 6.04. The van der Waals surface area contributed by atoms with Crippen LogP contribution in [0.1, 0.15) is 54.9 Å². The number of carbonyl (C=O) groups is 2. The van der Waals surface area contributed by atoms with Crippen molar-refractivity contribution in [3.63, 3.8) is 0 Å². The van der Waals surface area contributed by atoms with Gasteiger partial charge in [-0.2, -0.15) is 0 Å². The third-order valence-corrected chi connectivity index (χ3v) is 4.50. The summed E-state index contributed by atoms with van der Waals surface area (Å²) in [6, 6.07) is 5.61. The summed E-state index contributed by atoms with van der Waals surface area (Å²) in [5.41, 5.74) is 2.37. The van der Waals surface area contributed by atoms with Crippen molar-refractivity contribution in [2.75, 3.05) is 5.32 Å². The molecule has 3 nitrogen and oxygen atoms in total. The van der Waals surface area contributed by atoms with E-state index in [1.54, 1.807) is 0 Å². The minimum absolute atomic E-state index is 0.0171. The van der Waals surface area contributed by atoms with Gasteiger partial charge in [-0.1, -0.05) is 26.2 Å². The highest BCUT2D eigenvalue weighted by atomic mass is 16.1. The summed E-state index contributed by atoms with van der Waals surface area (Å²) in [6.07, 6.45) is 5.90. The van der Waals surface area contributed by atoms with Crippen LogP contribution < -0.4 is 5.32 Å². The smallest absolute Gasteiger partial charge is 0.228 e. The molecule has 2 aliphatic rings. The molecule has 100 valence electrons. The van der Waals surface area contributed by atoms with Gasteiger partial charge in [-0.15, -0.1) is 0 Å². The van der Waals surface area contributed by atoms with E-state index in [0.29, 0.717) is 6.42 Å². The fraction of sp³-hybridized carbons (Fsp3) is 0.500. The maximum atomic E-state index is 12.7. The third-order valence-electron chi connectivity index (χ3n) is 4.50. The van der Waals surface area contributed by atoms with Gasteiger partial charge in [0.1, 0.15) is 0 Å². The van der Waals surface area contributed by atoms with Crippen molar-refractivity contribution in [3.05, 3.63) is 29.3 Å². The van der Waals surface area contributed by atoms with Crippen molar-refractivity contribution in [3.8, 4) is 0 Å². The van der Waals surface area contributed by atoms with Crippen molar-refractivity contribution in [2.45, 2.75) is 45.4 Å². The third kappa shape index (κ3) is 2.18. The van der Waals surface area contributed by atoms with Crippen LogP contribution in [0.5, 0.6) is 0 Å². The van der Waals surface area contributed by atoms with Gasteiger partial charge >= 0.3 is 0 Å². The molecular formula is C16H19NO2. The predicted molar refractivity (Wildman–Crippen MR) is 74.3 cm³/mol. The molecule has 3 heteroatoms. The first-order valence-corrected chi connectivity index (χ1v) is 7.06. The predicted octanol–water partition coefficient (Wildman–Crippen LogP) is 3.33. The monoisotopic (exact) mass is 257 g/mol. The van der Waals surface area contributed by atoms with E-state index in [-0.39, 0.29) is 17.1 Å². The van der Waals surface area contributed by atoms with E-state index in [2.05, 4.69) is 12.2 Å². The minimum Gasteiger partial charge on any atom is -0.326 e. The van der Waals surface area contributed by atoms with Crippen LogP contribution in [0.2, 0.25) is 0 Å². The molecule has 1 heterocycles. The van der Waals surface area contributed by atoms with Crippen molar-refractivity contribution in [2.24, 2.45) is 5.41 Å². The second-order valence-corrected chi connectivity index (χ2v) is 6.05. The molecule has 1 N–H and O–H groups in total. The summed E-state index contributed by atoms with van der Waals surface area (Å²) in [4.78, 5) is 24.0. The maximum Gasteiger partial charge on any atom is 0.228 e. The van der Waals surface area contributed by atoms with Gasteiger partial charge in [-0.3, -0.25) is 9.59 Å². The SMILES string of the molecule is CC1(C(=O)c2ccc3c(c2)CC(=O)N3)CCCCC1. The normalized spacial score (nSPS) is 20.8. The van der Waals surface area contributed by atoms with Crippen LogP contribution in [0.3, 0.4) is 0 Å². The van der Waals surface area contributed by atoms with Gasteiger partial charge in [0.15, 0.2) is 5.78 Å². The Morgan fingerprint density at radius 2 is 1.95 bits per heavy atom. The number of nitrogens with one attached hydrogen (secondary N) is 1. The van der Waals surface area contributed by atoms with E-state index < -0.39 is 0 Å². The minimum atomic E-state index is -0.206. The summed E-state index contributed by atoms with van der Waals surface area (Å²) >= 11 is 0. The molecule has 1 saturated carbocycles. The average molecular weight is 257 g/mol. The Bertz CT molecular complexity index is 542. The van der Waals surface area contributed by atoms with E-state index in [4.69, 9.17) is 0 Å². The van der Waals surface area contributed by atoms with E-state index in [1.807, 2.05) is 18.2 Å². The van der Waals surface area contributed by atoms with Crippen molar-refractivity contribution >= 4 is 17.4 Å². The zero-order valence-corrected chi connectivity index (χ0v) is 11.3. The molecule has 0 spiro atoms. The quantitative estimate of drug-likeness (QED) is 0.826. The first kappa shape index (κ1) is 12.4. The molecule has 0 aromatic heterocycles. The maximum absolute atomic E-state index is 12.7. The summed E-state index contributed by atoms with van der Waals surface area (Å²) in [5, 5.41) is 2.80. The van der Waals surface area contributed by atoms with Crippen LogP contribution in [-0.2, 0) is 11.2 Å². The highest BCUT2D eigenvalue weighted by Gasteiger charge is 2.35. The molecule has 0 bridgehead atoms. The summed E-state index contributed by atoms with van der Waals surface area (Å²) in [7, 11) is 0. The van der Waals surface area contributed by atoms with Gasteiger partial charge < -0.3 is 5.32 Å². The molecule has 1 aliphatic carbocycles. The second-order valence-electron chi connectivity index (χ2n) is 6.05. The average Bonchev–Trinajstić information content (AvgIpc) is 2.77. The van der Waals surface area contributed by atoms with Crippen LogP contribution in [0.15, 0.2) is 18.2 Å². The molecule has 3 rings (SSSR count). The topological polar surface area (TPSA) is 46.2 Å². The van der Waals surface area contributed by atoms with Crippen LogP contribution >= 0.6 is 0 Å². The number of anilines is 1. The summed E-state index contributed by atoms with van der Waals surface area (Å²) in [5.74, 6) is 0.262. The zero-order valence-electron chi connectivity index (χ0n) is 11.3. The molecule has 1 aliphatic heterocycles. The zero-order chi connectivity index (χ0) is 13.5. The van der Waals surface area contributed by atoms with Gasteiger partial charge in [-0.25, -0.2) is 0 Å². The highest BCUT2D eigenvalue weighted by Crippen LogP contribution is 2.39. The molecule has 0 saturated heterocycles. The molecule has 1 fully saturated rings. The van der Waals surface area contributed by atoms with Crippen LogP contribution in [0.4, 0.5) is 5.69 Å². The number of Topliss-reactive ketones (excluding diaryl/α,β-unsaturated/α-hetero) is 1. The van der Waals surface area contributed by atoms with E-state index in [0.717, 1.165) is 42.5 Å². The fourth-order valence-corrected chi connectivity index (χ4v) is 3.28. The standard InChI is InChI=1S/C16H19NO2/c1-16(7-3-2-4-8-16)15(19)11-5-6-13-12(9-11)10-14(18)17-13/h5-6,9H,2-4,7-8,10H2,1H3,(H,17,18). The number of fused-ring (bicyclic) bond motifs is 1. The van der Waals surface area contributed by atoms with Gasteiger partial charge in [0, 0.05) is 16.7 Å². The first-order chi connectivity index (χ1) is 9.08. The summed E-state index contributed by atoms with van der Waals surface area (Å²) in [6.45, 7) is 2.09. The van der Waals surface area contributed by atoms with E-state index in [1.165, 1.54) is 6.42 Å².